The third kappa shape index (κ3) is 1.75. The van der Waals surface area contributed by atoms with Crippen molar-refractivity contribution in [2.75, 3.05) is 0 Å². The molecule has 1 aliphatic rings. The van der Waals surface area contributed by atoms with Crippen molar-refractivity contribution in [3.8, 4) is 0 Å². The number of carbonyl (C=O) groups is 1. The summed E-state index contributed by atoms with van der Waals surface area (Å²) in [7, 11) is 0. The van der Waals surface area contributed by atoms with Gasteiger partial charge in [0, 0.05) is 5.69 Å². The van der Waals surface area contributed by atoms with Crippen LogP contribution in [0.1, 0.15) is 46.4 Å². The van der Waals surface area contributed by atoms with Crippen molar-refractivity contribution in [2.45, 2.75) is 39.0 Å². The van der Waals surface area contributed by atoms with Crippen LogP contribution in [0.3, 0.4) is 0 Å². The first kappa shape index (κ1) is 10.9. The van der Waals surface area contributed by atoms with Gasteiger partial charge in [-0.15, -0.1) is 0 Å². The number of primary amides is 1. The van der Waals surface area contributed by atoms with E-state index in [2.05, 4.69) is 4.98 Å². The summed E-state index contributed by atoms with van der Waals surface area (Å²) in [4.78, 5) is 25.7. The van der Waals surface area contributed by atoms with Crippen molar-refractivity contribution in [3.63, 3.8) is 0 Å². The van der Waals surface area contributed by atoms with Crippen molar-refractivity contribution in [1.82, 2.24) is 4.98 Å². The second-order valence-corrected chi connectivity index (χ2v) is 4.34. The van der Waals surface area contributed by atoms with Crippen LogP contribution in [-0.2, 0) is 12.8 Å². The lowest BCUT2D eigenvalue weighted by Gasteiger charge is -2.12. The number of aryl methyl sites for hydroxylation is 1. The van der Waals surface area contributed by atoms with Crippen molar-refractivity contribution >= 4 is 5.91 Å². The molecule has 0 spiro atoms. The normalized spacial score (nSPS) is 15.3. The Morgan fingerprint density at radius 3 is 2.44 bits per heavy atom. The lowest BCUT2D eigenvalue weighted by atomic mass is 9.97. The summed E-state index contributed by atoms with van der Waals surface area (Å²) >= 11 is 0. The Morgan fingerprint density at radius 1 is 1.19 bits per heavy atom. The highest BCUT2D eigenvalue weighted by atomic mass is 16.2. The maximum Gasteiger partial charge on any atom is 0.261 e. The summed E-state index contributed by atoms with van der Waals surface area (Å²) in [6.45, 7) is 1.89. The molecule has 86 valence electrons. The van der Waals surface area contributed by atoms with Gasteiger partial charge in [0.05, 0.1) is 0 Å². The van der Waals surface area contributed by atoms with E-state index >= 15 is 0 Å². The number of rotatable bonds is 1. The Balaban J connectivity index is 2.70. The van der Waals surface area contributed by atoms with E-state index in [0.29, 0.717) is 0 Å². The Hall–Kier alpha value is -1.58. The van der Waals surface area contributed by atoms with Gasteiger partial charge in [0.1, 0.15) is 5.56 Å². The van der Waals surface area contributed by atoms with E-state index in [1.165, 1.54) is 0 Å². The van der Waals surface area contributed by atoms with E-state index in [4.69, 9.17) is 5.73 Å². The highest BCUT2D eigenvalue weighted by Gasteiger charge is 2.20. The zero-order valence-electron chi connectivity index (χ0n) is 9.43. The van der Waals surface area contributed by atoms with Gasteiger partial charge >= 0.3 is 0 Å². The number of fused-ring (bicyclic) bond motifs is 1. The van der Waals surface area contributed by atoms with Crippen LogP contribution in [0, 0.1) is 6.92 Å². The summed E-state index contributed by atoms with van der Waals surface area (Å²) in [5, 5.41) is 0. The van der Waals surface area contributed by atoms with Crippen molar-refractivity contribution in [3.05, 3.63) is 32.7 Å². The minimum atomic E-state index is -0.612. The monoisotopic (exact) mass is 220 g/mol. The van der Waals surface area contributed by atoms with Crippen molar-refractivity contribution < 1.29 is 4.79 Å². The molecular formula is C12H16N2O2. The van der Waals surface area contributed by atoms with Crippen LogP contribution in [0.25, 0.3) is 0 Å². The molecule has 3 N–H and O–H groups in total. The predicted molar refractivity (Wildman–Crippen MR) is 61.6 cm³/mol. The average molecular weight is 220 g/mol. The molecule has 1 aromatic heterocycles. The number of aromatic nitrogens is 1. The van der Waals surface area contributed by atoms with Crippen molar-refractivity contribution in [2.24, 2.45) is 5.73 Å². The average Bonchev–Trinajstić information content (AvgIpc) is 2.42. The molecule has 16 heavy (non-hydrogen) atoms. The molecule has 0 atom stereocenters. The first-order valence-corrected chi connectivity index (χ1v) is 5.65. The van der Waals surface area contributed by atoms with Crippen LogP contribution >= 0.6 is 0 Å². The molecular weight excluding hydrogens is 204 g/mol. The van der Waals surface area contributed by atoms with Crippen LogP contribution in [0.4, 0.5) is 0 Å². The standard InChI is InChI=1S/C12H16N2O2/c1-7-8-5-3-2-4-6-9(8)10(11(13)15)12(16)14-7/h2-6H2,1H3,(H2,13,15)(H,14,16). The maximum absolute atomic E-state index is 11.7. The molecule has 4 nitrogen and oxygen atoms in total. The zero-order chi connectivity index (χ0) is 11.7. The molecule has 0 radical (unpaired) electrons. The van der Waals surface area contributed by atoms with E-state index in [9.17, 15) is 9.59 Å². The highest BCUT2D eigenvalue weighted by molar-refractivity contribution is 5.94. The fraction of sp³-hybridized carbons (Fsp3) is 0.500. The molecule has 0 bridgehead atoms. The molecule has 4 heteroatoms. The van der Waals surface area contributed by atoms with Gasteiger partial charge in [0.15, 0.2) is 0 Å². The lowest BCUT2D eigenvalue weighted by Crippen LogP contribution is -2.28. The van der Waals surface area contributed by atoms with E-state index in [1.807, 2.05) is 6.92 Å². The molecule has 0 saturated heterocycles. The smallest absolute Gasteiger partial charge is 0.261 e. The number of nitrogens with one attached hydrogen (secondary N) is 1. The zero-order valence-corrected chi connectivity index (χ0v) is 9.43. The van der Waals surface area contributed by atoms with Crippen LogP contribution < -0.4 is 11.3 Å². The summed E-state index contributed by atoms with van der Waals surface area (Å²) in [5.74, 6) is -0.612. The van der Waals surface area contributed by atoms with Gasteiger partial charge in [-0.2, -0.15) is 0 Å². The van der Waals surface area contributed by atoms with Gasteiger partial charge in [-0.3, -0.25) is 9.59 Å². The molecule has 0 aliphatic heterocycles. The maximum atomic E-state index is 11.7. The van der Waals surface area contributed by atoms with Gasteiger partial charge < -0.3 is 10.7 Å². The summed E-state index contributed by atoms with van der Waals surface area (Å²) in [5.41, 5.74) is 7.99. The van der Waals surface area contributed by atoms with Gasteiger partial charge in [-0.25, -0.2) is 0 Å². The van der Waals surface area contributed by atoms with E-state index in [0.717, 1.165) is 48.9 Å². The second-order valence-electron chi connectivity index (χ2n) is 4.34. The number of pyridine rings is 1. The number of nitrogens with two attached hydrogens (primary N) is 1. The molecule has 1 aliphatic carbocycles. The Kier molecular flexibility index (Phi) is 2.81. The van der Waals surface area contributed by atoms with Crippen LogP contribution in [-0.4, -0.2) is 10.9 Å². The molecule has 0 aromatic carbocycles. The molecule has 1 amide bonds. The number of aromatic amines is 1. The lowest BCUT2D eigenvalue weighted by molar-refractivity contribution is 0.0998. The quantitative estimate of drug-likeness (QED) is 0.694. The predicted octanol–water partition coefficient (Wildman–Crippen LogP) is 1.05. The molecule has 1 aromatic rings. The Bertz CT molecular complexity index is 489. The van der Waals surface area contributed by atoms with Gasteiger partial charge in [0.25, 0.3) is 11.5 Å². The fourth-order valence-electron chi connectivity index (χ4n) is 2.48. The highest BCUT2D eigenvalue weighted by Crippen LogP contribution is 2.23. The first-order chi connectivity index (χ1) is 7.61. The SMILES string of the molecule is Cc1[nH]c(=O)c(C(N)=O)c2c1CCCCC2. The summed E-state index contributed by atoms with van der Waals surface area (Å²) in [6, 6.07) is 0. The Morgan fingerprint density at radius 2 is 1.81 bits per heavy atom. The third-order valence-electron chi connectivity index (χ3n) is 3.25. The first-order valence-electron chi connectivity index (χ1n) is 5.65. The number of carbonyl (C=O) groups excluding carboxylic acids is 1. The Labute approximate surface area is 93.9 Å². The molecule has 2 rings (SSSR count). The van der Waals surface area contributed by atoms with Crippen LogP contribution in [0.15, 0.2) is 4.79 Å². The number of H-pyrrole nitrogens is 1. The minimum absolute atomic E-state index is 0.169. The van der Waals surface area contributed by atoms with E-state index in [-0.39, 0.29) is 11.1 Å². The summed E-state index contributed by atoms with van der Waals surface area (Å²) in [6.07, 6.45) is 4.99. The molecule has 0 fully saturated rings. The van der Waals surface area contributed by atoms with Gasteiger partial charge in [-0.05, 0) is 43.7 Å². The largest absolute Gasteiger partial charge is 0.365 e. The van der Waals surface area contributed by atoms with Crippen LogP contribution in [0.5, 0.6) is 0 Å². The van der Waals surface area contributed by atoms with Crippen molar-refractivity contribution in [1.29, 1.82) is 0 Å². The molecule has 0 saturated carbocycles. The topological polar surface area (TPSA) is 75.9 Å². The number of hydrogen-bond acceptors (Lipinski definition) is 2. The third-order valence-corrected chi connectivity index (χ3v) is 3.25. The molecule has 0 unspecified atom stereocenters. The molecule has 1 heterocycles. The van der Waals surface area contributed by atoms with Gasteiger partial charge in [-0.1, -0.05) is 6.42 Å². The van der Waals surface area contributed by atoms with Gasteiger partial charge in [0.2, 0.25) is 0 Å². The second kappa shape index (κ2) is 4.12. The fourth-order valence-corrected chi connectivity index (χ4v) is 2.48. The summed E-state index contributed by atoms with van der Waals surface area (Å²) < 4.78 is 0. The number of hydrogen-bond donors (Lipinski definition) is 2. The number of amides is 1. The minimum Gasteiger partial charge on any atom is -0.365 e. The van der Waals surface area contributed by atoms with E-state index in [1.54, 1.807) is 0 Å². The van der Waals surface area contributed by atoms with E-state index < -0.39 is 5.91 Å². The van der Waals surface area contributed by atoms with Crippen LogP contribution in [0.2, 0.25) is 0 Å².